The molecule has 2 aliphatic rings. The first kappa shape index (κ1) is 31.1. The predicted molar refractivity (Wildman–Crippen MR) is 169 cm³/mol. The summed E-state index contributed by atoms with van der Waals surface area (Å²) in [7, 11) is 3.38. The molecule has 0 amide bonds. The van der Waals surface area contributed by atoms with E-state index in [-0.39, 0.29) is 30.0 Å². The van der Waals surface area contributed by atoms with Crippen LogP contribution in [0.4, 0.5) is 0 Å². The largest absolute Gasteiger partial charge is 0.496 e. The van der Waals surface area contributed by atoms with Gasteiger partial charge in [0.1, 0.15) is 17.3 Å². The number of allylic oxidation sites excluding steroid dienone is 3. The van der Waals surface area contributed by atoms with Gasteiger partial charge in [0.2, 0.25) is 0 Å². The zero-order valence-corrected chi connectivity index (χ0v) is 25.6. The highest BCUT2D eigenvalue weighted by Crippen LogP contribution is 2.45. The number of nitrogens with one attached hydrogen (secondary N) is 1. The SMILES string of the molecule is COc1ccccc1COCCCOC1=CCC(C)([C@H]2[C@H](CO)CNC[C@@H]2OCc2cc(OC)c3ccccc3c2)C=C1. The Morgan fingerprint density at radius 3 is 2.53 bits per heavy atom. The maximum absolute atomic E-state index is 10.3. The summed E-state index contributed by atoms with van der Waals surface area (Å²) in [6, 6.07) is 20.4. The van der Waals surface area contributed by atoms with E-state index >= 15 is 0 Å². The van der Waals surface area contributed by atoms with Crippen LogP contribution in [0.15, 0.2) is 84.7 Å². The summed E-state index contributed by atoms with van der Waals surface area (Å²) in [4.78, 5) is 0. The summed E-state index contributed by atoms with van der Waals surface area (Å²) in [6.07, 6.45) is 8.10. The average molecular weight is 588 g/mol. The van der Waals surface area contributed by atoms with Gasteiger partial charge in [0.25, 0.3) is 0 Å². The van der Waals surface area contributed by atoms with Crippen molar-refractivity contribution in [3.05, 3.63) is 95.8 Å². The fourth-order valence-electron chi connectivity index (χ4n) is 6.50. The maximum atomic E-state index is 10.3. The van der Waals surface area contributed by atoms with Crippen molar-refractivity contribution in [2.75, 3.05) is 47.1 Å². The molecule has 1 unspecified atom stereocenters. The van der Waals surface area contributed by atoms with Gasteiger partial charge in [0, 0.05) is 48.9 Å². The standard InChI is InChI=1S/C36H45NO6/c1-36(15-13-30(14-16-36)42-18-8-17-41-25-28-10-5-7-12-32(28)39-2)35-29(23-38)21-37-22-34(35)43-24-26-19-27-9-4-6-11-31(27)33(20-26)40-3/h4-7,9-15,19-20,29,34-35,37-38H,8,16-18,21-25H2,1-3H3/t29-,34-,35-,36?/m0/s1. The molecule has 3 aromatic rings. The van der Waals surface area contributed by atoms with Gasteiger partial charge in [-0.2, -0.15) is 0 Å². The number of hydrogen-bond acceptors (Lipinski definition) is 7. The number of piperidine rings is 1. The van der Waals surface area contributed by atoms with Crippen LogP contribution in [-0.2, 0) is 27.4 Å². The first-order chi connectivity index (χ1) is 21.0. The molecule has 7 nitrogen and oxygen atoms in total. The lowest BCUT2D eigenvalue weighted by molar-refractivity contribution is -0.0785. The lowest BCUT2D eigenvalue weighted by Crippen LogP contribution is -2.54. The zero-order chi connectivity index (χ0) is 30.1. The van der Waals surface area contributed by atoms with Gasteiger partial charge in [-0.1, -0.05) is 55.5 Å². The first-order valence-corrected chi connectivity index (χ1v) is 15.3. The lowest BCUT2D eigenvalue weighted by Gasteiger charge is -2.47. The zero-order valence-electron chi connectivity index (χ0n) is 25.6. The molecular weight excluding hydrogens is 542 g/mol. The molecule has 43 heavy (non-hydrogen) atoms. The van der Waals surface area contributed by atoms with Crippen LogP contribution in [-0.4, -0.2) is 58.3 Å². The number of aliphatic hydroxyl groups excluding tert-OH is 1. The van der Waals surface area contributed by atoms with Crippen molar-refractivity contribution in [1.29, 1.82) is 0 Å². The van der Waals surface area contributed by atoms with Gasteiger partial charge in [-0.05, 0) is 53.1 Å². The molecule has 0 spiro atoms. The van der Waals surface area contributed by atoms with Crippen molar-refractivity contribution in [1.82, 2.24) is 5.32 Å². The van der Waals surface area contributed by atoms with Crippen LogP contribution in [0.25, 0.3) is 10.8 Å². The van der Waals surface area contributed by atoms with Crippen LogP contribution in [0, 0.1) is 17.3 Å². The molecule has 1 saturated heterocycles. The minimum Gasteiger partial charge on any atom is -0.496 e. The van der Waals surface area contributed by atoms with Crippen molar-refractivity contribution in [2.45, 2.75) is 39.1 Å². The molecule has 1 aliphatic carbocycles. The van der Waals surface area contributed by atoms with Crippen LogP contribution in [0.1, 0.15) is 30.9 Å². The van der Waals surface area contributed by atoms with Gasteiger partial charge >= 0.3 is 0 Å². The molecule has 2 N–H and O–H groups in total. The molecule has 3 aromatic carbocycles. The summed E-state index contributed by atoms with van der Waals surface area (Å²) in [5.74, 6) is 2.83. The van der Waals surface area contributed by atoms with Crippen molar-refractivity contribution in [2.24, 2.45) is 17.3 Å². The van der Waals surface area contributed by atoms with Gasteiger partial charge in [-0.25, -0.2) is 0 Å². The fourth-order valence-corrected chi connectivity index (χ4v) is 6.50. The molecule has 1 heterocycles. The van der Waals surface area contributed by atoms with E-state index in [1.165, 1.54) is 0 Å². The summed E-state index contributed by atoms with van der Waals surface area (Å²) in [5, 5.41) is 16.1. The summed E-state index contributed by atoms with van der Waals surface area (Å²) < 4.78 is 29.6. The molecule has 5 rings (SSSR count). The number of benzene rings is 3. The number of hydrogen-bond donors (Lipinski definition) is 2. The average Bonchev–Trinajstić information content (AvgIpc) is 3.05. The van der Waals surface area contributed by atoms with Crippen LogP contribution < -0.4 is 14.8 Å². The second kappa shape index (κ2) is 14.9. The van der Waals surface area contributed by atoms with Crippen molar-refractivity contribution >= 4 is 10.8 Å². The highest BCUT2D eigenvalue weighted by atomic mass is 16.5. The van der Waals surface area contributed by atoms with E-state index in [0.717, 1.165) is 65.1 Å². The van der Waals surface area contributed by atoms with E-state index in [1.807, 2.05) is 36.4 Å². The maximum Gasteiger partial charge on any atom is 0.127 e. The van der Waals surface area contributed by atoms with E-state index < -0.39 is 0 Å². The first-order valence-electron chi connectivity index (χ1n) is 15.3. The van der Waals surface area contributed by atoms with E-state index in [9.17, 15) is 5.11 Å². The molecular formula is C36H45NO6. The molecule has 0 radical (unpaired) electrons. The molecule has 1 fully saturated rings. The van der Waals surface area contributed by atoms with E-state index in [4.69, 9.17) is 23.7 Å². The topological polar surface area (TPSA) is 78.4 Å². The summed E-state index contributed by atoms with van der Waals surface area (Å²) in [5.41, 5.74) is 1.96. The normalized spacial score (nSPS) is 23.6. The number of rotatable bonds is 14. The molecule has 4 atom stereocenters. The molecule has 0 saturated carbocycles. The van der Waals surface area contributed by atoms with Crippen LogP contribution >= 0.6 is 0 Å². The number of aliphatic hydroxyl groups is 1. The van der Waals surface area contributed by atoms with Crippen molar-refractivity contribution < 1.29 is 28.8 Å². The molecule has 0 bridgehead atoms. The third-order valence-electron chi connectivity index (χ3n) is 8.75. The molecule has 1 aliphatic heterocycles. The summed E-state index contributed by atoms with van der Waals surface area (Å²) >= 11 is 0. The molecule has 0 aromatic heterocycles. The minimum atomic E-state index is -0.161. The number of methoxy groups -OCH3 is 2. The van der Waals surface area contributed by atoms with Gasteiger partial charge in [-0.15, -0.1) is 0 Å². The number of fused-ring (bicyclic) bond motifs is 1. The Balaban J connectivity index is 1.15. The Labute approximate surface area is 255 Å². The van der Waals surface area contributed by atoms with Crippen molar-refractivity contribution in [3.63, 3.8) is 0 Å². The Morgan fingerprint density at radius 1 is 0.930 bits per heavy atom. The fraction of sp³-hybridized carbons (Fsp3) is 0.444. The van der Waals surface area contributed by atoms with Gasteiger partial charge in [0.05, 0.1) is 46.8 Å². The van der Waals surface area contributed by atoms with E-state index in [1.54, 1.807) is 14.2 Å². The second-order valence-corrected chi connectivity index (χ2v) is 11.7. The van der Waals surface area contributed by atoms with Gasteiger partial charge < -0.3 is 34.1 Å². The van der Waals surface area contributed by atoms with Crippen LogP contribution in [0.3, 0.4) is 0 Å². The van der Waals surface area contributed by atoms with Crippen LogP contribution in [0.5, 0.6) is 11.5 Å². The third kappa shape index (κ3) is 7.60. The summed E-state index contributed by atoms with van der Waals surface area (Å²) in [6.45, 7) is 6.11. The van der Waals surface area contributed by atoms with Crippen LogP contribution in [0.2, 0.25) is 0 Å². The Morgan fingerprint density at radius 2 is 1.74 bits per heavy atom. The highest BCUT2D eigenvalue weighted by Gasteiger charge is 2.45. The number of ether oxygens (including phenoxy) is 5. The number of para-hydroxylation sites is 1. The van der Waals surface area contributed by atoms with E-state index in [2.05, 4.69) is 54.7 Å². The van der Waals surface area contributed by atoms with Gasteiger partial charge in [-0.3, -0.25) is 0 Å². The highest BCUT2D eigenvalue weighted by molar-refractivity contribution is 5.89. The Bertz CT molecular complexity index is 1400. The minimum absolute atomic E-state index is 0.0470. The smallest absolute Gasteiger partial charge is 0.127 e. The third-order valence-corrected chi connectivity index (χ3v) is 8.75. The molecule has 7 heteroatoms. The van der Waals surface area contributed by atoms with E-state index in [0.29, 0.717) is 26.4 Å². The quantitative estimate of drug-likeness (QED) is 0.223. The lowest BCUT2D eigenvalue weighted by atomic mass is 9.63. The monoisotopic (exact) mass is 587 g/mol. The Kier molecular flexibility index (Phi) is 10.8. The second-order valence-electron chi connectivity index (χ2n) is 11.7. The van der Waals surface area contributed by atoms with Crippen molar-refractivity contribution in [3.8, 4) is 11.5 Å². The Hall–Kier alpha value is -3.36. The predicted octanol–water partition coefficient (Wildman–Crippen LogP) is 6.04. The van der Waals surface area contributed by atoms with Gasteiger partial charge in [0.15, 0.2) is 0 Å². The molecule has 230 valence electrons.